The van der Waals surface area contributed by atoms with Crippen molar-refractivity contribution in [3.05, 3.63) is 26.9 Å². The molecule has 134 valence electrons. The van der Waals surface area contributed by atoms with Crippen LogP contribution in [-0.2, 0) is 23.8 Å². The summed E-state index contributed by atoms with van der Waals surface area (Å²) >= 11 is 15.5. The molecule has 1 aromatic carbocycles. The maximum Gasteiger partial charge on any atom is 0.303 e. The molecular formula is C15H13BrCl2N2O5. The van der Waals surface area contributed by atoms with Crippen LogP contribution in [0.1, 0.15) is 20.1 Å². The lowest BCUT2D eigenvalue weighted by Crippen LogP contribution is -2.36. The van der Waals surface area contributed by atoms with Crippen molar-refractivity contribution < 1.29 is 23.8 Å². The molecular weight excluding hydrogens is 439 g/mol. The van der Waals surface area contributed by atoms with Crippen LogP contribution in [0.4, 0.5) is 0 Å². The van der Waals surface area contributed by atoms with Gasteiger partial charge in [0.05, 0.1) is 27.7 Å². The first kappa shape index (κ1) is 18.4. The molecule has 1 aromatic heterocycles. The van der Waals surface area contributed by atoms with Crippen LogP contribution in [0.5, 0.6) is 0 Å². The lowest BCUT2D eigenvalue weighted by Gasteiger charge is -2.24. The van der Waals surface area contributed by atoms with Crippen LogP contribution in [0.25, 0.3) is 11.0 Å². The van der Waals surface area contributed by atoms with Crippen molar-refractivity contribution in [2.75, 3.05) is 6.61 Å². The largest absolute Gasteiger partial charge is 0.456 e. The Balaban J connectivity index is 2.06. The number of hydrogen-bond acceptors (Lipinski definition) is 6. The first-order valence-corrected chi connectivity index (χ1v) is 8.81. The number of hydrogen-bond donors (Lipinski definition) is 0. The molecule has 10 heteroatoms. The summed E-state index contributed by atoms with van der Waals surface area (Å²) in [5.74, 6) is -1.00. The molecule has 0 radical (unpaired) electrons. The first-order chi connectivity index (χ1) is 11.8. The van der Waals surface area contributed by atoms with Crippen molar-refractivity contribution in [2.24, 2.45) is 0 Å². The molecule has 0 spiro atoms. The first-order valence-electron chi connectivity index (χ1n) is 7.26. The molecule has 0 bridgehead atoms. The summed E-state index contributed by atoms with van der Waals surface area (Å²) in [6.07, 6.45) is -2.30. The second-order valence-corrected chi connectivity index (χ2v) is 6.98. The third kappa shape index (κ3) is 3.62. The molecule has 0 aliphatic carbocycles. The predicted molar refractivity (Wildman–Crippen MR) is 93.6 cm³/mol. The third-order valence-corrected chi connectivity index (χ3v) is 4.92. The summed E-state index contributed by atoms with van der Waals surface area (Å²) in [5, 5.41) is 0.717. The summed E-state index contributed by atoms with van der Waals surface area (Å²) in [5.41, 5.74) is 1.22. The van der Waals surface area contributed by atoms with Gasteiger partial charge in [0.25, 0.3) is 0 Å². The van der Waals surface area contributed by atoms with E-state index in [9.17, 15) is 9.59 Å². The normalized spacial score (nSPS) is 23.0. The van der Waals surface area contributed by atoms with Crippen LogP contribution in [-0.4, -0.2) is 40.3 Å². The van der Waals surface area contributed by atoms with Crippen LogP contribution in [0.3, 0.4) is 0 Å². The van der Waals surface area contributed by atoms with Gasteiger partial charge in [-0.1, -0.05) is 23.2 Å². The van der Waals surface area contributed by atoms with Gasteiger partial charge in [-0.25, -0.2) is 4.98 Å². The molecule has 1 aliphatic heterocycles. The minimum atomic E-state index is -0.829. The fourth-order valence-corrected chi connectivity index (χ4v) is 3.63. The smallest absolute Gasteiger partial charge is 0.303 e. The Morgan fingerprint density at radius 2 is 1.88 bits per heavy atom. The van der Waals surface area contributed by atoms with E-state index in [-0.39, 0.29) is 6.61 Å². The average molecular weight is 452 g/mol. The number of fused-ring (bicyclic) bond motifs is 1. The molecule has 2 aromatic rings. The summed E-state index contributed by atoms with van der Waals surface area (Å²) in [4.78, 5) is 27.2. The number of carbonyl (C=O) groups excluding carboxylic acids is 2. The van der Waals surface area contributed by atoms with Crippen molar-refractivity contribution in [3.63, 3.8) is 0 Å². The Morgan fingerprint density at radius 1 is 1.24 bits per heavy atom. The number of halogens is 3. The van der Waals surface area contributed by atoms with Crippen LogP contribution >= 0.6 is 39.1 Å². The van der Waals surface area contributed by atoms with E-state index in [4.69, 9.17) is 37.4 Å². The Bertz CT molecular complexity index is 856. The van der Waals surface area contributed by atoms with E-state index in [0.29, 0.717) is 25.8 Å². The highest BCUT2D eigenvalue weighted by Gasteiger charge is 2.44. The number of imidazole rings is 1. The number of ether oxygens (including phenoxy) is 3. The zero-order valence-corrected chi connectivity index (χ0v) is 16.3. The Hall–Kier alpha value is -1.35. The molecule has 2 heterocycles. The molecule has 1 saturated heterocycles. The fraction of sp³-hybridized carbons (Fsp3) is 0.400. The number of aromatic nitrogens is 2. The second kappa shape index (κ2) is 7.11. The van der Waals surface area contributed by atoms with Gasteiger partial charge in [0, 0.05) is 13.8 Å². The quantitative estimate of drug-likeness (QED) is 0.664. The van der Waals surface area contributed by atoms with Crippen LogP contribution < -0.4 is 0 Å². The maximum atomic E-state index is 11.5. The Labute approximate surface area is 161 Å². The molecule has 0 N–H and O–H groups in total. The van der Waals surface area contributed by atoms with Gasteiger partial charge in [-0.05, 0) is 28.1 Å². The molecule has 0 amide bonds. The van der Waals surface area contributed by atoms with Crippen LogP contribution in [0.15, 0.2) is 16.9 Å². The zero-order valence-electron chi connectivity index (χ0n) is 13.2. The standard InChI is InChI=1S/C15H13BrCl2N2O5/c1-6(21)24-12-5-23-14(13(12)25-7(2)22)20-11-4-9(18)8(17)3-10(11)19-15(20)16/h3-4,12-14H,5H2,1-2H3/t12-,13?,14+/m0/s1. The van der Waals surface area contributed by atoms with Gasteiger partial charge < -0.3 is 14.2 Å². The SMILES string of the molecule is CC(=O)OC1[C@@H](OC(C)=O)CO[C@H]1n1c(Br)nc2cc(Cl)c(Cl)cc21. The molecule has 25 heavy (non-hydrogen) atoms. The Morgan fingerprint density at radius 3 is 2.52 bits per heavy atom. The minimum Gasteiger partial charge on any atom is -0.456 e. The van der Waals surface area contributed by atoms with E-state index >= 15 is 0 Å². The van der Waals surface area contributed by atoms with Gasteiger partial charge in [0.2, 0.25) is 0 Å². The van der Waals surface area contributed by atoms with Gasteiger partial charge in [0.1, 0.15) is 0 Å². The summed E-state index contributed by atoms with van der Waals surface area (Å²) in [6, 6.07) is 3.27. The van der Waals surface area contributed by atoms with Gasteiger partial charge in [-0.3, -0.25) is 14.2 Å². The van der Waals surface area contributed by atoms with Gasteiger partial charge in [-0.2, -0.15) is 0 Å². The third-order valence-electron chi connectivity index (χ3n) is 3.64. The van der Waals surface area contributed by atoms with Crippen molar-refractivity contribution in [1.82, 2.24) is 9.55 Å². The van der Waals surface area contributed by atoms with Crippen molar-refractivity contribution in [2.45, 2.75) is 32.3 Å². The predicted octanol–water partition coefficient (Wildman–Crippen LogP) is 3.50. The second-order valence-electron chi connectivity index (χ2n) is 5.45. The molecule has 1 fully saturated rings. The van der Waals surface area contributed by atoms with Crippen LogP contribution in [0.2, 0.25) is 10.0 Å². The summed E-state index contributed by atoms with van der Waals surface area (Å²) in [6.45, 7) is 2.63. The Kier molecular flexibility index (Phi) is 5.24. The fourth-order valence-electron chi connectivity index (χ4n) is 2.73. The highest BCUT2D eigenvalue weighted by molar-refractivity contribution is 9.10. The number of rotatable bonds is 3. The van der Waals surface area contributed by atoms with Crippen molar-refractivity contribution in [3.8, 4) is 0 Å². The molecule has 1 aliphatic rings. The zero-order chi connectivity index (χ0) is 18.3. The number of esters is 2. The van der Waals surface area contributed by atoms with E-state index in [1.54, 1.807) is 16.7 Å². The lowest BCUT2D eigenvalue weighted by molar-refractivity contribution is -0.164. The van der Waals surface area contributed by atoms with Crippen molar-refractivity contribution >= 4 is 62.1 Å². The highest BCUT2D eigenvalue weighted by atomic mass is 79.9. The molecule has 1 unspecified atom stereocenters. The van der Waals surface area contributed by atoms with Gasteiger partial charge in [0.15, 0.2) is 23.2 Å². The molecule has 0 saturated carbocycles. The molecule has 3 atom stereocenters. The number of nitrogens with zero attached hydrogens (tertiary/aromatic N) is 2. The van der Waals surface area contributed by atoms with E-state index in [0.717, 1.165) is 0 Å². The average Bonchev–Trinajstić information content (AvgIpc) is 3.00. The topological polar surface area (TPSA) is 79.6 Å². The van der Waals surface area contributed by atoms with Gasteiger partial charge >= 0.3 is 11.9 Å². The van der Waals surface area contributed by atoms with Crippen molar-refractivity contribution in [1.29, 1.82) is 0 Å². The highest BCUT2D eigenvalue weighted by Crippen LogP contribution is 2.37. The summed E-state index contributed by atoms with van der Waals surface area (Å²) in [7, 11) is 0. The van der Waals surface area contributed by atoms with E-state index < -0.39 is 30.4 Å². The molecule has 7 nitrogen and oxygen atoms in total. The van der Waals surface area contributed by atoms with Crippen LogP contribution in [0, 0.1) is 0 Å². The van der Waals surface area contributed by atoms with E-state index in [1.807, 2.05) is 0 Å². The van der Waals surface area contributed by atoms with E-state index in [1.165, 1.54) is 13.8 Å². The monoisotopic (exact) mass is 450 g/mol. The van der Waals surface area contributed by atoms with Gasteiger partial charge in [-0.15, -0.1) is 0 Å². The summed E-state index contributed by atoms with van der Waals surface area (Å²) < 4.78 is 18.4. The molecule has 3 rings (SSSR count). The van der Waals surface area contributed by atoms with E-state index in [2.05, 4.69) is 20.9 Å². The lowest BCUT2D eigenvalue weighted by atomic mass is 10.2. The maximum absolute atomic E-state index is 11.5. The number of benzene rings is 1. The number of carbonyl (C=O) groups is 2. The minimum absolute atomic E-state index is 0.0790.